The van der Waals surface area contributed by atoms with Crippen LogP contribution in [0.25, 0.3) is 0 Å². The Bertz CT molecular complexity index is 536. The quantitative estimate of drug-likeness (QED) is 0.893. The average Bonchev–Trinajstić information content (AvgIpc) is 2.74. The molecule has 1 heterocycles. The number of anilines is 1. The standard InChI is InChI=1S/C13H14ClN3S/c1-3-13(2)8-18-12(17-13)16-11-5-4-9(7-15)6-10(11)14/h4-6H,3,8H2,1-2H3,(H,16,17). The van der Waals surface area contributed by atoms with E-state index in [9.17, 15) is 0 Å². The number of aliphatic imine (C=N–C) groups is 1. The van der Waals surface area contributed by atoms with Gasteiger partial charge in [0.1, 0.15) is 0 Å². The lowest BCUT2D eigenvalue weighted by Gasteiger charge is -2.15. The lowest BCUT2D eigenvalue weighted by atomic mass is 10.0. The Morgan fingerprint density at radius 2 is 2.39 bits per heavy atom. The van der Waals surface area contributed by atoms with Crippen LogP contribution in [0.15, 0.2) is 23.2 Å². The third kappa shape index (κ3) is 2.80. The Hall–Kier alpha value is -1.18. The van der Waals surface area contributed by atoms with Crippen molar-refractivity contribution in [2.24, 2.45) is 4.99 Å². The van der Waals surface area contributed by atoms with E-state index in [0.717, 1.165) is 23.0 Å². The zero-order valence-electron chi connectivity index (χ0n) is 10.3. The van der Waals surface area contributed by atoms with Gasteiger partial charge in [-0.1, -0.05) is 30.3 Å². The second kappa shape index (κ2) is 5.21. The minimum atomic E-state index is 0.0199. The van der Waals surface area contributed by atoms with Crippen LogP contribution in [-0.2, 0) is 0 Å². The number of halogens is 1. The van der Waals surface area contributed by atoms with E-state index in [1.54, 1.807) is 23.9 Å². The summed E-state index contributed by atoms with van der Waals surface area (Å²) in [6, 6.07) is 7.27. The number of nitrogens with zero attached hydrogens (tertiary/aromatic N) is 2. The van der Waals surface area contributed by atoms with Crippen LogP contribution in [0.5, 0.6) is 0 Å². The number of thioether (sulfide) groups is 1. The predicted molar refractivity (Wildman–Crippen MR) is 78.4 cm³/mol. The van der Waals surface area contributed by atoms with Gasteiger partial charge in [0.05, 0.1) is 27.9 Å². The van der Waals surface area contributed by atoms with Gasteiger partial charge in [0.25, 0.3) is 0 Å². The Kier molecular flexibility index (Phi) is 3.84. The predicted octanol–water partition coefficient (Wildman–Crippen LogP) is 3.90. The molecule has 1 aromatic rings. The molecule has 0 aliphatic carbocycles. The minimum absolute atomic E-state index is 0.0199. The largest absolute Gasteiger partial charge is 0.334 e. The third-order valence-electron chi connectivity index (χ3n) is 2.99. The van der Waals surface area contributed by atoms with Gasteiger partial charge >= 0.3 is 0 Å². The molecule has 1 N–H and O–H groups in total. The van der Waals surface area contributed by atoms with Crippen LogP contribution >= 0.6 is 23.4 Å². The highest BCUT2D eigenvalue weighted by Gasteiger charge is 2.28. The van der Waals surface area contributed by atoms with Crippen LogP contribution in [0.2, 0.25) is 5.02 Å². The SMILES string of the molecule is CCC1(C)CSC(Nc2ccc(C#N)cc2Cl)=N1. The third-order valence-corrected chi connectivity index (χ3v) is 4.54. The summed E-state index contributed by atoms with van der Waals surface area (Å²) < 4.78 is 0. The molecule has 1 unspecified atom stereocenters. The van der Waals surface area contributed by atoms with Gasteiger partial charge in [-0.25, -0.2) is 0 Å². The molecule has 3 nitrogen and oxygen atoms in total. The normalized spacial score (nSPS) is 22.4. The molecule has 1 aromatic carbocycles. The molecule has 0 fully saturated rings. The first-order chi connectivity index (χ1) is 8.56. The zero-order chi connectivity index (χ0) is 13.2. The van der Waals surface area contributed by atoms with E-state index < -0.39 is 0 Å². The fourth-order valence-corrected chi connectivity index (χ4v) is 2.99. The van der Waals surface area contributed by atoms with E-state index in [4.69, 9.17) is 16.9 Å². The minimum Gasteiger partial charge on any atom is -0.334 e. The molecule has 0 radical (unpaired) electrons. The van der Waals surface area contributed by atoms with Crippen LogP contribution in [0.1, 0.15) is 25.8 Å². The molecule has 0 aromatic heterocycles. The first kappa shape index (κ1) is 13.3. The van der Waals surface area contributed by atoms with E-state index in [1.807, 2.05) is 6.07 Å². The van der Waals surface area contributed by atoms with Gasteiger partial charge in [0.2, 0.25) is 0 Å². The first-order valence-electron chi connectivity index (χ1n) is 5.75. The average molecular weight is 280 g/mol. The molecule has 5 heteroatoms. The van der Waals surface area contributed by atoms with Gasteiger partial charge in [-0.15, -0.1) is 0 Å². The highest BCUT2D eigenvalue weighted by atomic mass is 35.5. The van der Waals surface area contributed by atoms with Crippen molar-refractivity contribution in [2.75, 3.05) is 11.1 Å². The van der Waals surface area contributed by atoms with Crippen molar-refractivity contribution < 1.29 is 0 Å². The lowest BCUT2D eigenvalue weighted by molar-refractivity contribution is 0.523. The molecule has 0 saturated carbocycles. The summed E-state index contributed by atoms with van der Waals surface area (Å²) in [5.74, 6) is 0.986. The van der Waals surface area contributed by atoms with E-state index in [-0.39, 0.29) is 5.54 Å². The topological polar surface area (TPSA) is 48.2 Å². The molecule has 0 amide bonds. The molecular formula is C13H14ClN3S. The summed E-state index contributed by atoms with van der Waals surface area (Å²) in [6.45, 7) is 4.29. The molecule has 0 saturated heterocycles. The van der Waals surface area contributed by atoms with Crippen LogP contribution in [0, 0.1) is 11.3 Å². The highest BCUT2D eigenvalue weighted by Crippen LogP contribution is 2.32. The van der Waals surface area contributed by atoms with E-state index in [0.29, 0.717) is 10.6 Å². The van der Waals surface area contributed by atoms with E-state index in [1.165, 1.54) is 0 Å². The van der Waals surface area contributed by atoms with Crippen LogP contribution in [-0.4, -0.2) is 16.5 Å². The first-order valence-corrected chi connectivity index (χ1v) is 7.12. The summed E-state index contributed by atoms with van der Waals surface area (Å²) in [4.78, 5) is 4.66. The van der Waals surface area contributed by atoms with Crippen molar-refractivity contribution in [1.82, 2.24) is 0 Å². The fourth-order valence-electron chi connectivity index (χ4n) is 1.58. The molecule has 1 atom stereocenters. The number of benzene rings is 1. The van der Waals surface area contributed by atoms with Gasteiger partial charge in [-0.2, -0.15) is 5.26 Å². The monoisotopic (exact) mass is 279 g/mol. The highest BCUT2D eigenvalue weighted by molar-refractivity contribution is 8.14. The molecular weight excluding hydrogens is 266 g/mol. The molecule has 0 bridgehead atoms. The summed E-state index contributed by atoms with van der Waals surface area (Å²) in [5, 5.41) is 13.4. The Morgan fingerprint density at radius 1 is 1.61 bits per heavy atom. The van der Waals surface area contributed by atoms with Gasteiger partial charge in [-0.05, 0) is 31.5 Å². The number of amidine groups is 1. The van der Waals surface area contributed by atoms with Gasteiger partial charge < -0.3 is 5.32 Å². The Balaban J connectivity index is 2.17. The molecule has 2 rings (SSSR count). The van der Waals surface area contributed by atoms with Crippen molar-refractivity contribution in [3.8, 4) is 6.07 Å². The lowest BCUT2D eigenvalue weighted by Crippen LogP contribution is -2.20. The van der Waals surface area contributed by atoms with E-state index in [2.05, 4.69) is 30.2 Å². The van der Waals surface area contributed by atoms with Crippen LogP contribution in [0.4, 0.5) is 5.69 Å². The molecule has 18 heavy (non-hydrogen) atoms. The molecule has 0 spiro atoms. The second-order valence-electron chi connectivity index (χ2n) is 4.49. The van der Waals surface area contributed by atoms with Crippen molar-refractivity contribution in [1.29, 1.82) is 5.26 Å². The van der Waals surface area contributed by atoms with Crippen molar-refractivity contribution in [3.05, 3.63) is 28.8 Å². The molecule has 94 valence electrons. The van der Waals surface area contributed by atoms with E-state index >= 15 is 0 Å². The number of hydrogen-bond acceptors (Lipinski definition) is 4. The Labute approximate surface area is 116 Å². The van der Waals surface area contributed by atoms with Gasteiger partial charge in [0, 0.05) is 5.75 Å². The number of nitriles is 1. The fraction of sp³-hybridized carbons (Fsp3) is 0.385. The summed E-state index contributed by atoms with van der Waals surface area (Å²) in [5.41, 5.74) is 1.37. The maximum Gasteiger partial charge on any atom is 0.161 e. The number of rotatable bonds is 2. The second-order valence-corrected chi connectivity index (χ2v) is 5.86. The summed E-state index contributed by atoms with van der Waals surface area (Å²) in [7, 11) is 0. The van der Waals surface area contributed by atoms with Crippen LogP contribution < -0.4 is 5.32 Å². The zero-order valence-corrected chi connectivity index (χ0v) is 11.9. The van der Waals surface area contributed by atoms with Crippen molar-refractivity contribution in [3.63, 3.8) is 0 Å². The van der Waals surface area contributed by atoms with Gasteiger partial charge in [-0.3, -0.25) is 4.99 Å². The maximum atomic E-state index is 8.78. The summed E-state index contributed by atoms with van der Waals surface area (Å²) >= 11 is 7.82. The molecule has 1 aliphatic rings. The smallest absolute Gasteiger partial charge is 0.161 e. The van der Waals surface area contributed by atoms with Gasteiger partial charge in [0.15, 0.2) is 5.17 Å². The van der Waals surface area contributed by atoms with Crippen molar-refractivity contribution >= 4 is 34.2 Å². The number of nitrogens with one attached hydrogen (secondary N) is 1. The maximum absolute atomic E-state index is 8.78. The number of hydrogen-bond donors (Lipinski definition) is 1. The summed E-state index contributed by atoms with van der Waals surface area (Å²) in [6.07, 6.45) is 1.02. The molecule has 1 aliphatic heterocycles. The van der Waals surface area contributed by atoms with Crippen molar-refractivity contribution in [2.45, 2.75) is 25.8 Å². The van der Waals surface area contributed by atoms with Crippen LogP contribution in [0.3, 0.4) is 0 Å². The Morgan fingerprint density at radius 3 is 2.94 bits per heavy atom.